The molecule has 2 N–H and O–H groups in total. The van der Waals surface area contributed by atoms with Crippen LogP contribution in [0, 0.1) is 46.3 Å². The SMILES string of the molecule is COC(=O)CC[C@@H](C)[C@H]1CC[C@H]2[C@@H]3[C@@H]4O[C@@H]4[C@@H]4C[C@H](O)CC[C@]4(C)[C@H]3C[C@H](O)[C@]12C. The highest BCUT2D eigenvalue weighted by Crippen LogP contribution is 2.71. The van der Waals surface area contributed by atoms with Crippen molar-refractivity contribution < 1.29 is 24.5 Å². The lowest BCUT2D eigenvalue weighted by atomic mass is 9.43. The molecule has 0 aromatic rings. The Morgan fingerprint density at radius 2 is 1.87 bits per heavy atom. The van der Waals surface area contributed by atoms with Crippen LogP contribution in [0.3, 0.4) is 0 Å². The highest BCUT2D eigenvalue weighted by molar-refractivity contribution is 5.69. The van der Waals surface area contributed by atoms with Gasteiger partial charge in [-0.25, -0.2) is 0 Å². The first-order valence-electron chi connectivity index (χ1n) is 12.3. The number of esters is 1. The highest BCUT2D eigenvalue weighted by Gasteiger charge is 2.72. The van der Waals surface area contributed by atoms with Gasteiger partial charge in [0.1, 0.15) is 0 Å². The number of fused-ring (bicyclic) bond motifs is 8. The summed E-state index contributed by atoms with van der Waals surface area (Å²) in [5.41, 5.74) is 0.0863. The molecule has 5 aliphatic rings. The summed E-state index contributed by atoms with van der Waals surface area (Å²) in [5, 5.41) is 21.9. The Labute approximate surface area is 180 Å². The van der Waals surface area contributed by atoms with Gasteiger partial charge < -0.3 is 19.7 Å². The van der Waals surface area contributed by atoms with Crippen LogP contribution < -0.4 is 0 Å². The molecule has 0 aromatic heterocycles. The third kappa shape index (κ3) is 2.87. The molecule has 0 unspecified atom stereocenters. The van der Waals surface area contributed by atoms with Crippen molar-refractivity contribution in [3.05, 3.63) is 0 Å². The molecule has 5 rings (SSSR count). The first-order chi connectivity index (χ1) is 14.2. The Hall–Kier alpha value is -0.650. The standard InChI is InChI=1S/C25H40O5/c1-13(5-8-20(28)29-4)15-6-7-16-21-17(12-19(27)25(15,16)3)24(2)10-9-14(26)11-18(24)22-23(21)30-22/h13-19,21-23,26-27H,5-12H2,1-4H3/t13-,14-,15-,16+,17+,18+,19+,21+,22-,23+,24-,25-/m1/s1. The normalized spacial score (nSPS) is 54.9. The summed E-state index contributed by atoms with van der Waals surface area (Å²) in [6.45, 7) is 7.03. The summed E-state index contributed by atoms with van der Waals surface area (Å²) in [6, 6.07) is 0. The van der Waals surface area contributed by atoms with Crippen molar-refractivity contribution in [2.24, 2.45) is 46.3 Å². The van der Waals surface area contributed by atoms with Gasteiger partial charge in [0, 0.05) is 6.42 Å². The predicted octanol–water partition coefficient (Wildman–Crippen LogP) is 3.55. The summed E-state index contributed by atoms with van der Waals surface area (Å²) in [6.07, 6.45) is 7.46. The molecule has 0 bridgehead atoms. The van der Waals surface area contributed by atoms with Crippen LogP contribution in [0.4, 0.5) is 0 Å². The van der Waals surface area contributed by atoms with Gasteiger partial charge in [-0.2, -0.15) is 0 Å². The highest BCUT2D eigenvalue weighted by atomic mass is 16.6. The van der Waals surface area contributed by atoms with Crippen LogP contribution in [0.5, 0.6) is 0 Å². The van der Waals surface area contributed by atoms with Gasteiger partial charge in [-0.05, 0) is 91.3 Å². The van der Waals surface area contributed by atoms with E-state index in [1.165, 1.54) is 7.11 Å². The maximum absolute atomic E-state index is 11.7. The molecule has 5 heteroatoms. The Morgan fingerprint density at radius 3 is 2.60 bits per heavy atom. The topological polar surface area (TPSA) is 79.3 Å². The van der Waals surface area contributed by atoms with E-state index in [-0.39, 0.29) is 29.0 Å². The maximum Gasteiger partial charge on any atom is 0.305 e. The second-order valence-corrected chi connectivity index (χ2v) is 11.8. The van der Waals surface area contributed by atoms with Gasteiger partial charge >= 0.3 is 5.97 Å². The second kappa shape index (κ2) is 7.18. The van der Waals surface area contributed by atoms with E-state index in [0.29, 0.717) is 54.1 Å². The molecule has 5 fully saturated rings. The van der Waals surface area contributed by atoms with Crippen molar-refractivity contribution in [3.8, 4) is 0 Å². The van der Waals surface area contributed by atoms with E-state index in [4.69, 9.17) is 9.47 Å². The minimum Gasteiger partial charge on any atom is -0.469 e. The van der Waals surface area contributed by atoms with Crippen LogP contribution in [0.2, 0.25) is 0 Å². The summed E-state index contributed by atoms with van der Waals surface area (Å²) < 4.78 is 11.2. The Morgan fingerprint density at radius 1 is 1.10 bits per heavy atom. The molecule has 5 nitrogen and oxygen atoms in total. The first kappa shape index (κ1) is 21.2. The molecule has 1 saturated heterocycles. The Kier molecular flexibility index (Phi) is 5.08. The van der Waals surface area contributed by atoms with Crippen molar-refractivity contribution in [1.29, 1.82) is 0 Å². The van der Waals surface area contributed by atoms with Crippen LogP contribution in [0.15, 0.2) is 0 Å². The monoisotopic (exact) mass is 420 g/mol. The van der Waals surface area contributed by atoms with Gasteiger partial charge in [0.05, 0.1) is 31.5 Å². The fourth-order valence-electron chi connectivity index (χ4n) is 9.09. The van der Waals surface area contributed by atoms with E-state index in [1.54, 1.807) is 0 Å². The number of hydrogen-bond donors (Lipinski definition) is 2. The van der Waals surface area contributed by atoms with Gasteiger partial charge in [0.25, 0.3) is 0 Å². The number of aliphatic hydroxyl groups excluding tert-OH is 2. The minimum absolute atomic E-state index is 0.0927. The van der Waals surface area contributed by atoms with Gasteiger partial charge in [-0.1, -0.05) is 20.8 Å². The maximum atomic E-state index is 11.7. The van der Waals surface area contributed by atoms with Crippen molar-refractivity contribution in [1.82, 2.24) is 0 Å². The number of hydrogen-bond acceptors (Lipinski definition) is 5. The van der Waals surface area contributed by atoms with E-state index >= 15 is 0 Å². The van der Waals surface area contributed by atoms with Crippen molar-refractivity contribution in [3.63, 3.8) is 0 Å². The largest absolute Gasteiger partial charge is 0.469 e. The van der Waals surface area contributed by atoms with Gasteiger partial charge in [-0.15, -0.1) is 0 Å². The lowest BCUT2D eigenvalue weighted by Gasteiger charge is -2.61. The van der Waals surface area contributed by atoms with E-state index in [1.807, 2.05) is 0 Å². The van der Waals surface area contributed by atoms with Crippen LogP contribution in [0.25, 0.3) is 0 Å². The fourth-order valence-corrected chi connectivity index (χ4v) is 9.09. The molecule has 0 amide bonds. The zero-order chi connectivity index (χ0) is 21.4. The molecular formula is C25H40O5. The van der Waals surface area contributed by atoms with Gasteiger partial charge in [0.15, 0.2) is 0 Å². The van der Waals surface area contributed by atoms with E-state index < -0.39 is 0 Å². The van der Waals surface area contributed by atoms with E-state index in [9.17, 15) is 15.0 Å². The summed E-state index contributed by atoms with van der Waals surface area (Å²) in [4.78, 5) is 11.7. The number of aliphatic hydroxyl groups is 2. The number of methoxy groups -OCH3 is 1. The van der Waals surface area contributed by atoms with Crippen molar-refractivity contribution in [2.75, 3.05) is 7.11 Å². The molecule has 170 valence electrons. The molecule has 12 atom stereocenters. The fraction of sp³-hybridized carbons (Fsp3) is 0.960. The minimum atomic E-state index is -0.295. The lowest BCUT2D eigenvalue weighted by Crippen LogP contribution is -2.61. The third-order valence-electron chi connectivity index (χ3n) is 10.8. The molecular weight excluding hydrogens is 380 g/mol. The lowest BCUT2D eigenvalue weighted by molar-refractivity contribution is -0.166. The summed E-state index contributed by atoms with van der Waals surface area (Å²) in [5.74, 6) is 2.69. The third-order valence-corrected chi connectivity index (χ3v) is 10.8. The quantitative estimate of drug-likeness (QED) is 0.537. The zero-order valence-corrected chi connectivity index (χ0v) is 19.0. The predicted molar refractivity (Wildman–Crippen MR) is 112 cm³/mol. The Balaban J connectivity index is 1.40. The number of carbonyl (C=O) groups excluding carboxylic acids is 1. The van der Waals surface area contributed by atoms with E-state index in [2.05, 4.69) is 20.8 Å². The van der Waals surface area contributed by atoms with Crippen molar-refractivity contribution >= 4 is 5.97 Å². The van der Waals surface area contributed by atoms with Crippen LogP contribution >= 0.6 is 0 Å². The van der Waals surface area contributed by atoms with Crippen LogP contribution in [-0.2, 0) is 14.3 Å². The average Bonchev–Trinajstić information content (AvgIpc) is 3.42. The van der Waals surface area contributed by atoms with Gasteiger partial charge in [-0.3, -0.25) is 4.79 Å². The van der Waals surface area contributed by atoms with Gasteiger partial charge in [0.2, 0.25) is 0 Å². The zero-order valence-electron chi connectivity index (χ0n) is 19.0. The number of ether oxygens (including phenoxy) is 2. The number of rotatable bonds is 4. The molecule has 4 aliphatic carbocycles. The molecule has 0 spiro atoms. The summed E-state index contributed by atoms with van der Waals surface area (Å²) in [7, 11) is 1.46. The molecule has 1 aliphatic heterocycles. The van der Waals surface area contributed by atoms with Crippen LogP contribution in [-0.4, -0.2) is 47.7 Å². The summed E-state index contributed by atoms with van der Waals surface area (Å²) >= 11 is 0. The van der Waals surface area contributed by atoms with Crippen molar-refractivity contribution in [2.45, 2.75) is 96.6 Å². The van der Waals surface area contributed by atoms with Crippen LogP contribution in [0.1, 0.15) is 72.1 Å². The smallest absolute Gasteiger partial charge is 0.305 e. The van der Waals surface area contributed by atoms with E-state index in [0.717, 1.165) is 44.9 Å². The molecule has 0 aromatic carbocycles. The molecule has 1 heterocycles. The number of epoxide rings is 1. The average molecular weight is 421 g/mol. The second-order valence-electron chi connectivity index (χ2n) is 11.8. The molecule has 0 radical (unpaired) electrons. The number of carbonyl (C=O) groups is 1. The first-order valence-corrected chi connectivity index (χ1v) is 12.3. The molecule has 30 heavy (non-hydrogen) atoms. The Bertz CT molecular complexity index is 695. The molecule has 4 saturated carbocycles.